The van der Waals surface area contributed by atoms with Gasteiger partial charge in [-0.15, -0.1) is 0 Å². The van der Waals surface area contributed by atoms with E-state index < -0.39 is 0 Å². The van der Waals surface area contributed by atoms with Gasteiger partial charge in [0.2, 0.25) is 0 Å². The summed E-state index contributed by atoms with van der Waals surface area (Å²) in [4.78, 5) is 22.2. The summed E-state index contributed by atoms with van der Waals surface area (Å²) in [5.74, 6) is 0.647. The van der Waals surface area contributed by atoms with Crippen LogP contribution in [0.5, 0.6) is 0 Å². The fraction of sp³-hybridized carbons (Fsp3) is 0.778. The molecule has 62 valence electrons. The van der Waals surface area contributed by atoms with Crippen molar-refractivity contribution in [1.29, 1.82) is 0 Å². The van der Waals surface area contributed by atoms with E-state index in [0.29, 0.717) is 12.8 Å². The Morgan fingerprint density at radius 3 is 2.55 bits per heavy atom. The number of Topliss-reactive ketones (excluding diaryl/α,β-unsaturated/α-hetero) is 2. The summed E-state index contributed by atoms with van der Waals surface area (Å²) in [5.41, 5.74) is 0. The van der Waals surface area contributed by atoms with E-state index in [1.54, 1.807) is 0 Å². The highest BCUT2D eigenvalue weighted by Gasteiger charge is 2.29. The van der Waals surface area contributed by atoms with Crippen molar-refractivity contribution in [3.05, 3.63) is 0 Å². The molecule has 0 aliphatic heterocycles. The van der Waals surface area contributed by atoms with E-state index in [0.717, 1.165) is 6.42 Å². The minimum Gasteiger partial charge on any atom is -0.300 e. The number of ketones is 2. The van der Waals surface area contributed by atoms with E-state index >= 15 is 0 Å². The average molecular weight is 154 g/mol. The maximum absolute atomic E-state index is 11.3. The summed E-state index contributed by atoms with van der Waals surface area (Å²) in [5, 5.41) is 0. The van der Waals surface area contributed by atoms with E-state index in [2.05, 4.69) is 0 Å². The van der Waals surface area contributed by atoms with Gasteiger partial charge in [-0.05, 0) is 6.42 Å². The molecule has 1 aliphatic carbocycles. The zero-order valence-electron chi connectivity index (χ0n) is 7.09. The monoisotopic (exact) mass is 154 g/mol. The third kappa shape index (κ3) is 1.88. The highest BCUT2D eigenvalue weighted by molar-refractivity contribution is 5.91. The van der Waals surface area contributed by atoms with Crippen molar-refractivity contribution in [3.63, 3.8) is 0 Å². The molecule has 0 spiro atoms. The van der Waals surface area contributed by atoms with Gasteiger partial charge in [-0.2, -0.15) is 0 Å². The van der Waals surface area contributed by atoms with Gasteiger partial charge in [0.15, 0.2) is 0 Å². The van der Waals surface area contributed by atoms with Crippen molar-refractivity contribution in [2.45, 2.75) is 33.1 Å². The predicted molar refractivity (Wildman–Crippen MR) is 42.2 cm³/mol. The van der Waals surface area contributed by atoms with Gasteiger partial charge in [0.1, 0.15) is 11.6 Å². The van der Waals surface area contributed by atoms with Crippen LogP contribution >= 0.6 is 0 Å². The summed E-state index contributed by atoms with van der Waals surface area (Å²) in [6.45, 7) is 3.79. The molecule has 0 radical (unpaired) electrons. The van der Waals surface area contributed by atoms with Gasteiger partial charge in [-0.25, -0.2) is 0 Å². The first-order valence-corrected chi connectivity index (χ1v) is 4.16. The molecule has 0 aromatic carbocycles. The van der Waals surface area contributed by atoms with Gasteiger partial charge >= 0.3 is 0 Å². The molecule has 0 aromatic rings. The van der Waals surface area contributed by atoms with Crippen molar-refractivity contribution in [3.8, 4) is 0 Å². The fourth-order valence-electron chi connectivity index (χ4n) is 1.53. The van der Waals surface area contributed by atoms with Crippen LogP contribution in [-0.4, -0.2) is 11.6 Å². The van der Waals surface area contributed by atoms with Gasteiger partial charge in [0, 0.05) is 24.7 Å². The molecular weight excluding hydrogens is 140 g/mol. The molecular formula is C9H14O2. The van der Waals surface area contributed by atoms with Crippen molar-refractivity contribution in [1.82, 2.24) is 0 Å². The van der Waals surface area contributed by atoms with Crippen LogP contribution in [0.15, 0.2) is 0 Å². The number of hydrogen-bond acceptors (Lipinski definition) is 2. The maximum Gasteiger partial charge on any atom is 0.138 e. The minimum absolute atomic E-state index is 0.0440. The first kappa shape index (κ1) is 8.44. The molecule has 0 heterocycles. The average Bonchev–Trinajstić information content (AvgIpc) is 2.34. The minimum atomic E-state index is 0.0440. The Hall–Kier alpha value is -0.660. The first-order valence-electron chi connectivity index (χ1n) is 4.16. The van der Waals surface area contributed by atoms with E-state index in [4.69, 9.17) is 0 Å². The SMILES string of the molecule is CC(C)C(=O)[C@@H]1CCC(=O)C1. The molecule has 0 unspecified atom stereocenters. The Balaban J connectivity index is 2.50. The number of rotatable bonds is 2. The summed E-state index contributed by atoms with van der Waals surface area (Å²) in [6.07, 6.45) is 1.90. The van der Waals surface area contributed by atoms with Gasteiger partial charge in [0.05, 0.1) is 0 Å². The summed E-state index contributed by atoms with van der Waals surface area (Å²) in [7, 11) is 0. The molecule has 0 bridgehead atoms. The molecule has 2 heteroatoms. The summed E-state index contributed by atoms with van der Waals surface area (Å²) in [6, 6.07) is 0. The summed E-state index contributed by atoms with van der Waals surface area (Å²) < 4.78 is 0. The van der Waals surface area contributed by atoms with Crippen LogP contribution in [-0.2, 0) is 9.59 Å². The second kappa shape index (κ2) is 3.16. The maximum atomic E-state index is 11.3. The fourth-order valence-corrected chi connectivity index (χ4v) is 1.53. The third-order valence-electron chi connectivity index (χ3n) is 2.22. The van der Waals surface area contributed by atoms with E-state index in [-0.39, 0.29) is 23.4 Å². The van der Waals surface area contributed by atoms with E-state index in [1.165, 1.54) is 0 Å². The van der Waals surface area contributed by atoms with Gasteiger partial charge < -0.3 is 0 Å². The standard InChI is InChI=1S/C9H14O2/c1-6(2)9(11)7-3-4-8(10)5-7/h6-7H,3-5H2,1-2H3/t7-/m1/s1. The van der Waals surface area contributed by atoms with Crippen LogP contribution in [0, 0.1) is 11.8 Å². The second-order valence-electron chi connectivity index (χ2n) is 3.54. The molecule has 1 saturated carbocycles. The predicted octanol–water partition coefficient (Wildman–Crippen LogP) is 1.58. The molecule has 0 N–H and O–H groups in total. The van der Waals surface area contributed by atoms with Crippen molar-refractivity contribution < 1.29 is 9.59 Å². The Bertz CT molecular complexity index is 182. The zero-order chi connectivity index (χ0) is 8.43. The number of carbonyl (C=O) groups excluding carboxylic acids is 2. The highest BCUT2D eigenvalue weighted by Crippen LogP contribution is 2.25. The molecule has 2 nitrogen and oxygen atoms in total. The van der Waals surface area contributed by atoms with Gasteiger partial charge in [-0.1, -0.05) is 13.8 Å². The molecule has 1 rings (SSSR count). The highest BCUT2D eigenvalue weighted by atomic mass is 16.1. The molecule has 0 amide bonds. The second-order valence-corrected chi connectivity index (χ2v) is 3.54. The molecule has 0 aromatic heterocycles. The Morgan fingerprint density at radius 1 is 1.55 bits per heavy atom. The zero-order valence-corrected chi connectivity index (χ0v) is 7.09. The number of carbonyl (C=O) groups is 2. The smallest absolute Gasteiger partial charge is 0.138 e. The van der Waals surface area contributed by atoms with Crippen LogP contribution in [0.3, 0.4) is 0 Å². The Kier molecular flexibility index (Phi) is 2.42. The molecule has 1 aliphatic rings. The molecule has 11 heavy (non-hydrogen) atoms. The third-order valence-corrected chi connectivity index (χ3v) is 2.22. The van der Waals surface area contributed by atoms with E-state index in [1.807, 2.05) is 13.8 Å². The Morgan fingerprint density at radius 2 is 2.18 bits per heavy atom. The van der Waals surface area contributed by atoms with E-state index in [9.17, 15) is 9.59 Å². The van der Waals surface area contributed by atoms with Crippen molar-refractivity contribution in [2.24, 2.45) is 11.8 Å². The molecule has 0 saturated heterocycles. The van der Waals surface area contributed by atoms with Crippen LogP contribution in [0.25, 0.3) is 0 Å². The number of hydrogen-bond donors (Lipinski definition) is 0. The molecule has 1 atom stereocenters. The lowest BCUT2D eigenvalue weighted by Gasteiger charge is -2.08. The lowest BCUT2D eigenvalue weighted by molar-refractivity contribution is -0.127. The van der Waals surface area contributed by atoms with Crippen LogP contribution in [0.4, 0.5) is 0 Å². The largest absolute Gasteiger partial charge is 0.300 e. The summed E-state index contributed by atoms with van der Waals surface area (Å²) >= 11 is 0. The molecule has 1 fully saturated rings. The van der Waals surface area contributed by atoms with Gasteiger partial charge in [0.25, 0.3) is 0 Å². The normalized spacial score (nSPS) is 24.6. The Labute approximate surface area is 67.0 Å². The van der Waals surface area contributed by atoms with Crippen molar-refractivity contribution >= 4 is 11.6 Å². The topological polar surface area (TPSA) is 34.1 Å². The van der Waals surface area contributed by atoms with Crippen LogP contribution in [0.1, 0.15) is 33.1 Å². The quantitative estimate of drug-likeness (QED) is 0.605. The lowest BCUT2D eigenvalue weighted by Crippen LogP contribution is -2.17. The van der Waals surface area contributed by atoms with Crippen molar-refractivity contribution in [2.75, 3.05) is 0 Å². The van der Waals surface area contributed by atoms with Gasteiger partial charge in [-0.3, -0.25) is 9.59 Å². The van der Waals surface area contributed by atoms with Crippen LogP contribution < -0.4 is 0 Å². The first-order chi connectivity index (χ1) is 5.11. The lowest BCUT2D eigenvalue weighted by atomic mass is 9.94. The van der Waals surface area contributed by atoms with Crippen LogP contribution in [0.2, 0.25) is 0 Å².